The van der Waals surface area contributed by atoms with E-state index in [0.717, 1.165) is 25.9 Å². The lowest BCUT2D eigenvalue weighted by atomic mass is 10.1. The largest absolute Gasteiger partial charge is 0.279 e. The molecule has 1 aliphatic rings. The van der Waals surface area contributed by atoms with Gasteiger partial charge in [0.2, 0.25) is 0 Å². The zero-order valence-corrected chi connectivity index (χ0v) is 12.8. The Hall–Kier alpha value is -1.71. The molecule has 1 saturated heterocycles. The molecule has 1 aliphatic heterocycles. The molecule has 2 atom stereocenters. The van der Waals surface area contributed by atoms with Crippen molar-refractivity contribution < 1.29 is 4.39 Å². The van der Waals surface area contributed by atoms with Crippen molar-refractivity contribution in [3.8, 4) is 0 Å². The lowest BCUT2D eigenvalue weighted by molar-refractivity contribution is 0.0644. The second-order valence-corrected chi connectivity index (χ2v) is 5.96. The molecule has 0 saturated carbocycles. The molecule has 1 fully saturated rings. The quantitative estimate of drug-likeness (QED) is 0.837. The number of alkyl halides is 1. The molecule has 0 amide bonds. The first-order chi connectivity index (χ1) is 10.8. The van der Waals surface area contributed by atoms with Gasteiger partial charge in [0, 0.05) is 13.1 Å². The Morgan fingerprint density at radius 1 is 0.864 bits per heavy atom. The Kier molecular flexibility index (Phi) is 5.20. The van der Waals surface area contributed by atoms with Crippen LogP contribution >= 0.6 is 0 Å². The van der Waals surface area contributed by atoms with Crippen molar-refractivity contribution in [1.29, 1.82) is 0 Å². The zero-order chi connectivity index (χ0) is 15.2. The molecular formula is C19H23FN2. The molecular weight excluding hydrogens is 275 g/mol. The summed E-state index contributed by atoms with van der Waals surface area (Å²) in [5.41, 5.74) is 2.53. The summed E-state index contributed by atoms with van der Waals surface area (Å²) in [6.07, 6.45) is 1.79. The second-order valence-electron chi connectivity index (χ2n) is 5.96. The number of nitrogens with one attached hydrogen (secondary N) is 1. The number of piperidine rings is 1. The van der Waals surface area contributed by atoms with Gasteiger partial charge in [-0.2, -0.15) is 0 Å². The van der Waals surface area contributed by atoms with E-state index in [9.17, 15) is 4.39 Å². The summed E-state index contributed by atoms with van der Waals surface area (Å²) in [4.78, 5) is 2.34. The van der Waals surface area contributed by atoms with Crippen molar-refractivity contribution in [3.05, 3.63) is 71.8 Å². The van der Waals surface area contributed by atoms with Gasteiger partial charge in [0.25, 0.3) is 0 Å². The zero-order valence-electron chi connectivity index (χ0n) is 12.8. The van der Waals surface area contributed by atoms with Gasteiger partial charge in [-0.25, -0.2) is 4.39 Å². The number of rotatable bonds is 5. The van der Waals surface area contributed by atoms with E-state index in [2.05, 4.69) is 58.7 Å². The van der Waals surface area contributed by atoms with Crippen LogP contribution in [0.1, 0.15) is 30.4 Å². The number of benzene rings is 2. The van der Waals surface area contributed by atoms with Crippen molar-refractivity contribution >= 4 is 0 Å². The third-order valence-corrected chi connectivity index (χ3v) is 4.21. The fourth-order valence-electron chi connectivity index (χ4n) is 3.07. The van der Waals surface area contributed by atoms with Crippen molar-refractivity contribution in [2.24, 2.45) is 0 Å². The van der Waals surface area contributed by atoms with E-state index < -0.39 is 6.30 Å². The number of hydrogen-bond acceptors (Lipinski definition) is 2. The van der Waals surface area contributed by atoms with Gasteiger partial charge in [0.1, 0.15) is 0 Å². The molecule has 2 aromatic carbocycles. The van der Waals surface area contributed by atoms with Gasteiger partial charge < -0.3 is 0 Å². The Morgan fingerprint density at radius 2 is 1.41 bits per heavy atom. The Morgan fingerprint density at radius 3 is 1.91 bits per heavy atom. The smallest absolute Gasteiger partial charge is 0.152 e. The maximum absolute atomic E-state index is 13.7. The maximum atomic E-state index is 13.7. The highest BCUT2D eigenvalue weighted by atomic mass is 19.1. The molecule has 1 N–H and O–H groups in total. The topological polar surface area (TPSA) is 15.3 Å². The molecule has 0 spiro atoms. The molecule has 0 bridgehead atoms. The van der Waals surface area contributed by atoms with Gasteiger partial charge in [0.05, 0.1) is 6.17 Å². The van der Waals surface area contributed by atoms with Gasteiger partial charge in [-0.1, -0.05) is 60.7 Å². The molecule has 2 nitrogen and oxygen atoms in total. The predicted molar refractivity (Wildman–Crippen MR) is 87.8 cm³/mol. The van der Waals surface area contributed by atoms with Gasteiger partial charge >= 0.3 is 0 Å². The monoisotopic (exact) mass is 298 g/mol. The number of halogens is 1. The first-order valence-electron chi connectivity index (χ1n) is 8.03. The summed E-state index contributed by atoms with van der Waals surface area (Å²) in [6, 6.07) is 20.8. The summed E-state index contributed by atoms with van der Waals surface area (Å²) in [5.74, 6) is 0. The molecule has 2 aromatic rings. The van der Waals surface area contributed by atoms with Crippen molar-refractivity contribution in [2.75, 3.05) is 0 Å². The van der Waals surface area contributed by atoms with Crippen LogP contribution in [-0.4, -0.2) is 17.4 Å². The van der Waals surface area contributed by atoms with Crippen molar-refractivity contribution in [1.82, 2.24) is 10.2 Å². The predicted octanol–water partition coefficient (Wildman–Crippen LogP) is 4.08. The molecule has 3 rings (SSSR count). The molecule has 22 heavy (non-hydrogen) atoms. The number of nitrogens with zero attached hydrogens (tertiary/aromatic N) is 1. The van der Waals surface area contributed by atoms with Crippen molar-refractivity contribution in [2.45, 2.75) is 44.8 Å². The first kappa shape index (κ1) is 15.2. The number of hydrogen-bond donors (Lipinski definition) is 1. The van der Waals surface area contributed by atoms with E-state index in [1.807, 2.05) is 12.1 Å². The summed E-state index contributed by atoms with van der Waals surface area (Å²) in [6.45, 7) is 1.67. The van der Waals surface area contributed by atoms with Crippen LogP contribution in [0.4, 0.5) is 4.39 Å². The molecule has 0 aromatic heterocycles. The molecule has 0 aliphatic carbocycles. The highest BCUT2D eigenvalue weighted by Crippen LogP contribution is 2.20. The van der Waals surface area contributed by atoms with E-state index in [-0.39, 0.29) is 6.17 Å². The summed E-state index contributed by atoms with van der Waals surface area (Å²) < 4.78 is 13.7. The third kappa shape index (κ3) is 4.15. The highest BCUT2D eigenvalue weighted by molar-refractivity contribution is 5.17. The minimum Gasteiger partial charge on any atom is -0.279 e. The van der Waals surface area contributed by atoms with Crippen LogP contribution in [0.2, 0.25) is 0 Å². The van der Waals surface area contributed by atoms with Crippen LogP contribution in [-0.2, 0) is 13.1 Å². The maximum Gasteiger partial charge on any atom is 0.152 e. The van der Waals surface area contributed by atoms with Crippen LogP contribution in [0.15, 0.2) is 60.7 Å². The normalized spacial score (nSPS) is 21.9. The lowest BCUT2D eigenvalue weighted by Crippen LogP contribution is -2.50. The van der Waals surface area contributed by atoms with Gasteiger partial charge in [-0.05, 0) is 30.4 Å². The highest BCUT2D eigenvalue weighted by Gasteiger charge is 2.25. The fourth-order valence-corrected chi connectivity index (χ4v) is 3.07. The molecule has 2 unspecified atom stereocenters. The molecule has 0 radical (unpaired) electrons. The van der Waals surface area contributed by atoms with Crippen LogP contribution in [0.3, 0.4) is 0 Å². The Balaban J connectivity index is 1.75. The van der Waals surface area contributed by atoms with E-state index in [1.165, 1.54) is 11.1 Å². The minimum atomic E-state index is -0.882. The second kappa shape index (κ2) is 7.52. The van der Waals surface area contributed by atoms with Gasteiger partial charge in [0.15, 0.2) is 6.30 Å². The van der Waals surface area contributed by atoms with E-state index >= 15 is 0 Å². The van der Waals surface area contributed by atoms with E-state index in [4.69, 9.17) is 0 Å². The summed E-state index contributed by atoms with van der Waals surface area (Å²) in [5, 5.41) is 3.12. The lowest BCUT2D eigenvalue weighted by Gasteiger charge is -2.36. The molecule has 3 heteroatoms. The molecule has 116 valence electrons. The SMILES string of the molecule is FC1CCCC(N(Cc2ccccc2)Cc2ccccc2)N1. The molecule has 1 heterocycles. The van der Waals surface area contributed by atoms with Gasteiger partial charge in [-0.15, -0.1) is 0 Å². The average Bonchev–Trinajstić information content (AvgIpc) is 2.56. The van der Waals surface area contributed by atoms with Crippen LogP contribution in [0.25, 0.3) is 0 Å². The first-order valence-corrected chi connectivity index (χ1v) is 8.03. The van der Waals surface area contributed by atoms with Gasteiger partial charge in [-0.3, -0.25) is 10.2 Å². The minimum absolute atomic E-state index is 0.101. The van der Waals surface area contributed by atoms with Crippen LogP contribution < -0.4 is 5.32 Å². The van der Waals surface area contributed by atoms with E-state index in [1.54, 1.807) is 0 Å². The van der Waals surface area contributed by atoms with Crippen LogP contribution in [0.5, 0.6) is 0 Å². The fraction of sp³-hybridized carbons (Fsp3) is 0.368. The standard InChI is InChI=1S/C19H23FN2/c20-18-12-7-13-19(21-18)22(14-16-8-3-1-4-9-16)15-17-10-5-2-6-11-17/h1-6,8-11,18-19,21H,7,12-15H2. The summed E-state index contributed by atoms with van der Waals surface area (Å²) in [7, 11) is 0. The summed E-state index contributed by atoms with van der Waals surface area (Å²) >= 11 is 0. The van der Waals surface area contributed by atoms with E-state index in [0.29, 0.717) is 6.42 Å². The van der Waals surface area contributed by atoms with Crippen molar-refractivity contribution in [3.63, 3.8) is 0 Å². The average molecular weight is 298 g/mol. The Bertz CT molecular complexity index is 517. The Labute approximate surface area is 132 Å². The van der Waals surface area contributed by atoms with Crippen LogP contribution in [0, 0.1) is 0 Å². The third-order valence-electron chi connectivity index (χ3n) is 4.21.